The van der Waals surface area contributed by atoms with Crippen LogP contribution in [0.5, 0.6) is 11.5 Å². The molecule has 17 heavy (non-hydrogen) atoms. The van der Waals surface area contributed by atoms with E-state index in [9.17, 15) is 18.3 Å². The second-order valence-corrected chi connectivity index (χ2v) is 3.69. The molecule has 0 unspecified atom stereocenters. The molecule has 0 aromatic heterocycles. The van der Waals surface area contributed by atoms with Gasteiger partial charge in [0.1, 0.15) is 11.5 Å². The van der Waals surface area contributed by atoms with Gasteiger partial charge in [0.2, 0.25) is 0 Å². The summed E-state index contributed by atoms with van der Waals surface area (Å²) in [7, 11) is 1.43. The second kappa shape index (κ2) is 5.27. The molecule has 0 amide bonds. The highest BCUT2D eigenvalue weighted by atomic mass is 19.4. The summed E-state index contributed by atoms with van der Waals surface area (Å²) in [4.78, 5) is 0. The molecule has 0 heterocycles. The Labute approximate surface area is 97.0 Å². The Kier molecular flexibility index (Phi) is 4.22. The lowest BCUT2D eigenvalue weighted by Gasteiger charge is -2.15. The van der Waals surface area contributed by atoms with Crippen LogP contribution in [0.2, 0.25) is 0 Å². The van der Waals surface area contributed by atoms with Crippen molar-refractivity contribution in [3.63, 3.8) is 0 Å². The summed E-state index contributed by atoms with van der Waals surface area (Å²) >= 11 is 0. The maximum atomic E-state index is 12.0. The largest absolute Gasteiger partial charge is 0.508 e. The van der Waals surface area contributed by atoms with Gasteiger partial charge in [0.05, 0.1) is 7.11 Å². The van der Waals surface area contributed by atoms with Crippen molar-refractivity contribution in [3.8, 4) is 11.5 Å². The standard InChI is InChI=1S/C11H14F3NO2/c1-17-7-2-3-10(16)8(6-7)9(15)4-5-11(12,13)14/h2-3,6,9,16H,4-5,15H2,1H3/t9-/m1/s1. The molecule has 0 saturated carbocycles. The molecule has 1 aromatic carbocycles. The third kappa shape index (κ3) is 4.14. The summed E-state index contributed by atoms with van der Waals surface area (Å²) < 4.78 is 41.0. The number of aromatic hydroxyl groups is 1. The lowest BCUT2D eigenvalue weighted by Crippen LogP contribution is -2.16. The van der Waals surface area contributed by atoms with Gasteiger partial charge in [0.25, 0.3) is 0 Å². The highest BCUT2D eigenvalue weighted by Crippen LogP contribution is 2.32. The van der Waals surface area contributed by atoms with Crippen LogP contribution < -0.4 is 10.5 Å². The predicted octanol–water partition coefficient (Wildman–Crippen LogP) is 2.74. The van der Waals surface area contributed by atoms with Crippen molar-refractivity contribution in [1.82, 2.24) is 0 Å². The van der Waals surface area contributed by atoms with Crippen LogP contribution in [0, 0.1) is 0 Å². The van der Waals surface area contributed by atoms with E-state index in [-0.39, 0.29) is 17.7 Å². The lowest BCUT2D eigenvalue weighted by molar-refractivity contribution is -0.136. The molecule has 0 spiro atoms. The number of ether oxygens (including phenoxy) is 1. The highest BCUT2D eigenvalue weighted by Gasteiger charge is 2.28. The van der Waals surface area contributed by atoms with E-state index >= 15 is 0 Å². The number of halogens is 3. The smallest absolute Gasteiger partial charge is 0.389 e. The van der Waals surface area contributed by atoms with Gasteiger partial charge in [-0.25, -0.2) is 0 Å². The fourth-order valence-corrected chi connectivity index (χ4v) is 1.43. The number of benzene rings is 1. The molecule has 0 radical (unpaired) electrons. The molecule has 3 nitrogen and oxygen atoms in total. The third-order valence-corrected chi connectivity index (χ3v) is 2.37. The molecule has 0 saturated heterocycles. The zero-order valence-corrected chi connectivity index (χ0v) is 9.29. The summed E-state index contributed by atoms with van der Waals surface area (Å²) in [6.45, 7) is 0. The van der Waals surface area contributed by atoms with E-state index in [4.69, 9.17) is 10.5 Å². The van der Waals surface area contributed by atoms with Gasteiger partial charge in [0.15, 0.2) is 0 Å². The number of phenols is 1. The Bertz CT molecular complexity index is 379. The first-order valence-corrected chi connectivity index (χ1v) is 5.02. The molecule has 1 rings (SSSR count). The molecule has 3 N–H and O–H groups in total. The van der Waals surface area contributed by atoms with Gasteiger partial charge in [-0.1, -0.05) is 0 Å². The van der Waals surface area contributed by atoms with Crippen LogP contribution in [-0.2, 0) is 0 Å². The quantitative estimate of drug-likeness (QED) is 0.862. The van der Waals surface area contributed by atoms with E-state index in [0.717, 1.165) is 0 Å². The summed E-state index contributed by atoms with van der Waals surface area (Å²) in [5, 5.41) is 9.51. The van der Waals surface area contributed by atoms with Gasteiger partial charge in [-0.05, 0) is 24.6 Å². The van der Waals surface area contributed by atoms with E-state index in [2.05, 4.69) is 0 Å². The topological polar surface area (TPSA) is 55.5 Å². The first-order chi connectivity index (χ1) is 7.83. The minimum atomic E-state index is -4.24. The van der Waals surface area contributed by atoms with Gasteiger partial charge >= 0.3 is 6.18 Å². The molecule has 1 aromatic rings. The maximum Gasteiger partial charge on any atom is 0.389 e. The fraction of sp³-hybridized carbons (Fsp3) is 0.455. The molecular formula is C11H14F3NO2. The SMILES string of the molecule is COc1ccc(O)c([C@H](N)CCC(F)(F)F)c1. The van der Waals surface area contributed by atoms with Crippen molar-refractivity contribution in [2.24, 2.45) is 5.73 Å². The van der Waals surface area contributed by atoms with Crippen LogP contribution >= 0.6 is 0 Å². The lowest BCUT2D eigenvalue weighted by atomic mass is 10.0. The van der Waals surface area contributed by atoms with Gasteiger partial charge < -0.3 is 15.6 Å². The Morgan fingerprint density at radius 2 is 2.06 bits per heavy atom. The van der Waals surface area contributed by atoms with Crippen LogP contribution in [0.15, 0.2) is 18.2 Å². The summed E-state index contributed by atoms with van der Waals surface area (Å²) in [5.74, 6) is 0.320. The minimum absolute atomic E-state index is 0.125. The monoisotopic (exact) mass is 249 g/mol. The number of methoxy groups -OCH3 is 1. The number of hydrogen-bond donors (Lipinski definition) is 2. The van der Waals surface area contributed by atoms with Gasteiger partial charge in [-0.2, -0.15) is 13.2 Å². The number of hydrogen-bond acceptors (Lipinski definition) is 3. The summed E-state index contributed by atoms with van der Waals surface area (Å²) in [5.41, 5.74) is 5.87. The normalized spacial score (nSPS) is 13.5. The van der Waals surface area contributed by atoms with E-state index in [0.29, 0.717) is 5.75 Å². The maximum absolute atomic E-state index is 12.0. The predicted molar refractivity (Wildman–Crippen MR) is 56.9 cm³/mol. The Morgan fingerprint density at radius 3 is 2.59 bits per heavy atom. The van der Waals surface area contributed by atoms with E-state index in [1.54, 1.807) is 0 Å². The molecule has 0 aliphatic rings. The Morgan fingerprint density at radius 1 is 1.41 bits per heavy atom. The molecule has 0 bridgehead atoms. The average Bonchev–Trinajstić information content (AvgIpc) is 2.25. The van der Waals surface area contributed by atoms with Crippen LogP contribution in [0.1, 0.15) is 24.4 Å². The van der Waals surface area contributed by atoms with Crippen molar-refractivity contribution < 1.29 is 23.0 Å². The number of alkyl halides is 3. The first-order valence-electron chi connectivity index (χ1n) is 5.02. The van der Waals surface area contributed by atoms with Crippen molar-refractivity contribution >= 4 is 0 Å². The minimum Gasteiger partial charge on any atom is -0.508 e. The number of nitrogens with two attached hydrogens (primary N) is 1. The number of rotatable bonds is 4. The van der Waals surface area contributed by atoms with Crippen LogP contribution in [0.3, 0.4) is 0 Å². The average molecular weight is 249 g/mol. The Balaban J connectivity index is 2.77. The van der Waals surface area contributed by atoms with E-state index < -0.39 is 18.6 Å². The highest BCUT2D eigenvalue weighted by molar-refractivity contribution is 5.41. The Hall–Kier alpha value is -1.43. The summed E-state index contributed by atoms with van der Waals surface area (Å²) in [6.07, 6.45) is -5.50. The second-order valence-electron chi connectivity index (χ2n) is 3.69. The van der Waals surface area contributed by atoms with Crippen molar-refractivity contribution in [3.05, 3.63) is 23.8 Å². The van der Waals surface area contributed by atoms with Gasteiger partial charge in [-0.3, -0.25) is 0 Å². The fourth-order valence-electron chi connectivity index (χ4n) is 1.43. The summed E-state index contributed by atoms with van der Waals surface area (Å²) in [6, 6.07) is 3.43. The van der Waals surface area contributed by atoms with Crippen molar-refractivity contribution in [1.29, 1.82) is 0 Å². The number of phenolic OH excluding ortho intramolecular Hbond substituents is 1. The van der Waals surface area contributed by atoms with E-state index in [1.807, 2.05) is 0 Å². The third-order valence-electron chi connectivity index (χ3n) is 2.37. The van der Waals surface area contributed by atoms with Crippen molar-refractivity contribution in [2.45, 2.75) is 25.1 Å². The van der Waals surface area contributed by atoms with Crippen LogP contribution in [-0.4, -0.2) is 18.4 Å². The van der Waals surface area contributed by atoms with E-state index in [1.165, 1.54) is 25.3 Å². The van der Waals surface area contributed by atoms with Crippen LogP contribution in [0.4, 0.5) is 13.2 Å². The zero-order valence-electron chi connectivity index (χ0n) is 9.29. The van der Waals surface area contributed by atoms with Gasteiger partial charge in [0, 0.05) is 18.0 Å². The molecule has 6 heteroatoms. The van der Waals surface area contributed by atoms with Gasteiger partial charge in [-0.15, -0.1) is 0 Å². The first kappa shape index (κ1) is 13.6. The zero-order chi connectivity index (χ0) is 13.1. The molecular weight excluding hydrogens is 235 g/mol. The van der Waals surface area contributed by atoms with Crippen LogP contribution in [0.25, 0.3) is 0 Å². The molecule has 0 aliphatic carbocycles. The molecule has 96 valence electrons. The molecule has 0 aliphatic heterocycles. The molecule has 1 atom stereocenters. The van der Waals surface area contributed by atoms with Crippen molar-refractivity contribution in [2.75, 3.05) is 7.11 Å². The molecule has 0 fully saturated rings.